The summed E-state index contributed by atoms with van der Waals surface area (Å²) >= 11 is 0. The Labute approximate surface area is 109 Å². The Hall–Kier alpha value is 0.300. The van der Waals surface area contributed by atoms with Gasteiger partial charge in [0.05, 0.1) is 26.4 Å². The van der Waals surface area contributed by atoms with Gasteiger partial charge in [-0.3, -0.25) is 9.13 Å². The van der Waals surface area contributed by atoms with E-state index in [-0.39, 0.29) is 0 Å². The molecule has 0 amide bonds. The molecule has 0 aliphatic heterocycles. The van der Waals surface area contributed by atoms with Crippen LogP contribution in [-0.2, 0) is 27.2 Å². The van der Waals surface area contributed by atoms with Crippen molar-refractivity contribution in [1.82, 2.24) is 0 Å². The molecule has 0 aliphatic rings. The third kappa shape index (κ3) is 10.2. The Balaban J connectivity index is 3.58. The van der Waals surface area contributed by atoms with Gasteiger partial charge in [0, 0.05) is 13.3 Å². The van der Waals surface area contributed by atoms with Crippen LogP contribution in [0.2, 0.25) is 0 Å². The maximum Gasteiger partial charge on any atom is 0.327 e. The van der Waals surface area contributed by atoms with Crippen molar-refractivity contribution in [2.75, 3.05) is 39.8 Å². The van der Waals surface area contributed by atoms with E-state index >= 15 is 0 Å². The van der Waals surface area contributed by atoms with Crippen LogP contribution in [0.25, 0.3) is 0 Å². The summed E-state index contributed by atoms with van der Waals surface area (Å²) in [6.45, 7) is 7.82. The van der Waals surface area contributed by atoms with Gasteiger partial charge in [-0.25, -0.2) is 0 Å². The van der Waals surface area contributed by atoms with Gasteiger partial charge in [0.1, 0.15) is 0 Å². The first-order chi connectivity index (χ1) is 8.33. The summed E-state index contributed by atoms with van der Waals surface area (Å²) in [6, 6.07) is 0. The predicted octanol–water partition coefficient (Wildman–Crippen LogP) is 3.52. The van der Waals surface area contributed by atoms with Crippen LogP contribution in [-0.4, -0.2) is 39.8 Å². The van der Waals surface area contributed by atoms with Crippen molar-refractivity contribution >= 4 is 15.2 Å². The average Bonchev–Trinajstić information content (AvgIpc) is 2.22. The molecule has 0 fully saturated rings. The lowest BCUT2D eigenvalue weighted by Crippen LogP contribution is -2.00. The number of hydrogen-bond donors (Lipinski definition) is 0. The maximum absolute atomic E-state index is 11.6. The standard InChI is InChI=1S/C10H24O6P2/c1-5-13-17(3,11)15-9-7-8-10-16-18(4,12)14-6-2/h5-10H2,1-4H3. The minimum Gasteiger partial charge on any atom is -0.309 e. The van der Waals surface area contributed by atoms with E-state index in [0.29, 0.717) is 39.3 Å². The van der Waals surface area contributed by atoms with E-state index in [4.69, 9.17) is 18.1 Å². The molecule has 18 heavy (non-hydrogen) atoms. The monoisotopic (exact) mass is 302 g/mol. The SMILES string of the molecule is CCOP(C)(=O)OCCCCOP(C)(=O)OCC. The lowest BCUT2D eigenvalue weighted by molar-refractivity contribution is 0.192. The summed E-state index contributed by atoms with van der Waals surface area (Å²) in [4.78, 5) is 0. The highest BCUT2D eigenvalue weighted by Crippen LogP contribution is 2.44. The first kappa shape index (κ1) is 18.3. The van der Waals surface area contributed by atoms with E-state index in [0.717, 1.165) is 0 Å². The number of unbranched alkanes of at least 4 members (excludes halogenated alkanes) is 1. The summed E-state index contributed by atoms with van der Waals surface area (Å²) in [5.74, 6) is 0. The van der Waals surface area contributed by atoms with Gasteiger partial charge in [-0.1, -0.05) is 0 Å². The fourth-order valence-corrected chi connectivity index (χ4v) is 3.22. The zero-order valence-electron chi connectivity index (χ0n) is 11.6. The van der Waals surface area contributed by atoms with Crippen LogP contribution < -0.4 is 0 Å². The van der Waals surface area contributed by atoms with Gasteiger partial charge >= 0.3 is 15.2 Å². The number of hydrogen-bond acceptors (Lipinski definition) is 6. The molecule has 0 aromatic heterocycles. The van der Waals surface area contributed by atoms with Gasteiger partial charge in [0.15, 0.2) is 0 Å². The number of rotatable bonds is 11. The highest BCUT2D eigenvalue weighted by atomic mass is 31.2. The molecule has 8 heteroatoms. The molecule has 2 unspecified atom stereocenters. The van der Waals surface area contributed by atoms with E-state index in [1.807, 2.05) is 0 Å². The van der Waals surface area contributed by atoms with Crippen molar-refractivity contribution in [3.63, 3.8) is 0 Å². The van der Waals surface area contributed by atoms with Crippen LogP contribution in [0.5, 0.6) is 0 Å². The highest BCUT2D eigenvalue weighted by Gasteiger charge is 2.16. The summed E-state index contributed by atoms with van der Waals surface area (Å²) < 4.78 is 43.3. The quantitative estimate of drug-likeness (QED) is 0.429. The Bertz CT molecular complexity index is 277. The summed E-state index contributed by atoms with van der Waals surface area (Å²) in [5.41, 5.74) is 0. The Morgan fingerprint density at radius 2 is 1.06 bits per heavy atom. The van der Waals surface area contributed by atoms with E-state index in [1.54, 1.807) is 13.8 Å². The largest absolute Gasteiger partial charge is 0.327 e. The smallest absolute Gasteiger partial charge is 0.309 e. The average molecular weight is 302 g/mol. The molecule has 0 heterocycles. The Morgan fingerprint density at radius 3 is 1.33 bits per heavy atom. The second kappa shape index (κ2) is 9.24. The van der Waals surface area contributed by atoms with Crippen molar-refractivity contribution in [3.8, 4) is 0 Å². The van der Waals surface area contributed by atoms with E-state index < -0.39 is 15.2 Å². The zero-order valence-corrected chi connectivity index (χ0v) is 13.4. The second-order valence-corrected chi connectivity index (χ2v) is 7.87. The molecule has 0 aliphatic carbocycles. The van der Waals surface area contributed by atoms with Gasteiger partial charge in [0.2, 0.25) is 0 Å². The normalized spacial score (nSPS) is 18.2. The molecule has 0 radical (unpaired) electrons. The van der Waals surface area contributed by atoms with Gasteiger partial charge < -0.3 is 18.1 Å². The highest BCUT2D eigenvalue weighted by molar-refractivity contribution is 7.53. The summed E-state index contributed by atoms with van der Waals surface area (Å²) in [7, 11) is -5.81. The van der Waals surface area contributed by atoms with Crippen molar-refractivity contribution in [3.05, 3.63) is 0 Å². The van der Waals surface area contributed by atoms with Crippen molar-refractivity contribution in [2.24, 2.45) is 0 Å². The molecule has 2 atom stereocenters. The van der Waals surface area contributed by atoms with Crippen LogP contribution >= 0.6 is 15.2 Å². The van der Waals surface area contributed by atoms with Crippen LogP contribution in [0.15, 0.2) is 0 Å². The lowest BCUT2D eigenvalue weighted by Gasteiger charge is -2.14. The molecule has 0 aromatic carbocycles. The molecule has 6 nitrogen and oxygen atoms in total. The van der Waals surface area contributed by atoms with E-state index in [1.165, 1.54) is 13.3 Å². The van der Waals surface area contributed by atoms with E-state index in [9.17, 15) is 9.13 Å². The third-order valence-corrected chi connectivity index (χ3v) is 4.68. The van der Waals surface area contributed by atoms with Crippen LogP contribution in [0, 0.1) is 0 Å². The summed E-state index contributed by atoms with van der Waals surface area (Å²) in [5, 5.41) is 0. The van der Waals surface area contributed by atoms with Crippen LogP contribution in [0.1, 0.15) is 26.7 Å². The summed E-state index contributed by atoms with van der Waals surface area (Å²) in [6.07, 6.45) is 1.33. The van der Waals surface area contributed by atoms with Crippen LogP contribution in [0.3, 0.4) is 0 Å². The molecule has 0 bridgehead atoms. The molecule has 110 valence electrons. The van der Waals surface area contributed by atoms with Crippen LogP contribution in [0.4, 0.5) is 0 Å². The topological polar surface area (TPSA) is 71.1 Å². The molecular weight excluding hydrogens is 278 g/mol. The fraction of sp³-hybridized carbons (Fsp3) is 1.00. The Kier molecular flexibility index (Phi) is 9.40. The zero-order chi connectivity index (χ0) is 14.1. The fourth-order valence-electron chi connectivity index (χ4n) is 1.21. The van der Waals surface area contributed by atoms with Crippen molar-refractivity contribution in [2.45, 2.75) is 26.7 Å². The van der Waals surface area contributed by atoms with Gasteiger partial charge in [-0.15, -0.1) is 0 Å². The molecular formula is C10H24O6P2. The first-order valence-electron chi connectivity index (χ1n) is 6.06. The molecule has 0 spiro atoms. The lowest BCUT2D eigenvalue weighted by atomic mass is 10.3. The molecule has 0 aromatic rings. The predicted molar refractivity (Wildman–Crippen MR) is 71.5 cm³/mol. The second-order valence-electron chi connectivity index (χ2n) is 3.75. The van der Waals surface area contributed by atoms with E-state index in [2.05, 4.69) is 0 Å². The Morgan fingerprint density at radius 1 is 0.722 bits per heavy atom. The third-order valence-electron chi connectivity index (χ3n) is 1.92. The van der Waals surface area contributed by atoms with Crippen molar-refractivity contribution < 1.29 is 27.2 Å². The van der Waals surface area contributed by atoms with Crippen molar-refractivity contribution in [1.29, 1.82) is 0 Å². The van der Waals surface area contributed by atoms with Gasteiger partial charge in [-0.2, -0.15) is 0 Å². The first-order valence-corrected chi connectivity index (χ1v) is 10.0. The van der Waals surface area contributed by atoms with Gasteiger partial charge in [-0.05, 0) is 26.7 Å². The molecule has 0 N–H and O–H groups in total. The molecule has 0 saturated carbocycles. The minimum absolute atomic E-state index is 0.333. The minimum atomic E-state index is -2.90. The van der Waals surface area contributed by atoms with Gasteiger partial charge in [0.25, 0.3) is 0 Å². The molecule has 0 rings (SSSR count). The maximum atomic E-state index is 11.6. The molecule has 0 saturated heterocycles.